The molecule has 2 atom stereocenters. The number of carbonyl (C=O) groups is 1. The van der Waals surface area contributed by atoms with E-state index in [-0.39, 0.29) is 17.7 Å². The highest BCUT2D eigenvalue weighted by Gasteiger charge is 2.31. The minimum atomic E-state index is -0.515. The summed E-state index contributed by atoms with van der Waals surface area (Å²) in [6, 6.07) is 0. The summed E-state index contributed by atoms with van der Waals surface area (Å²) in [5.41, 5.74) is -0.168. The molecule has 0 N–H and O–H groups in total. The second kappa shape index (κ2) is 6.50. The fourth-order valence-electron chi connectivity index (χ4n) is 3.33. The number of likely N-dealkylation sites (tertiary alicyclic amines) is 1. The lowest BCUT2D eigenvalue weighted by atomic mass is 9.90. The molecular formula is C17H25N5O3. The monoisotopic (exact) mass is 347 g/mol. The average Bonchev–Trinajstić information content (AvgIpc) is 2.82. The second-order valence-electron chi connectivity index (χ2n) is 7.86. The zero-order valence-corrected chi connectivity index (χ0v) is 15.2. The first kappa shape index (κ1) is 17.4. The minimum absolute atomic E-state index is 0.159. The van der Waals surface area contributed by atoms with Crippen molar-refractivity contribution in [3.63, 3.8) is 0 Å². The standard InChI is InChI=1S/C17H25N5O3/c1-12-7-13(10-20(9-12)16(24)25-17(2,3)4)11-22-15(23)21-6-5-18-8-14(21)19-22/h5-6,8,12-13H,7,9-11H2,1-4H3. The molecular weight excluding hydrogens is 322 g/mol. The summed E-state index contributed by atoms with van der Waals surface area (Å²) in [6.07, 6.45) is 5.38. The van der Waals surface area contributed by atoms with Gasteiger partial charge in [0.15, 0.2) is 5.65 Å². The molecule has 8 heteroatoms. The Hall–Kier alpha value is -2.38. The van der Waals surface area contributed by atoms with Crippen LogP contribution in [0.1, 0.15) is 34.1 Å². The van der Waals surface area contributed by atoms with Gasteiger partial charge in [-0.3, -0.25) is 4.98 Å². The van der Waals surface area contributed by atoms with Crippen LogP contribution in [-0.2, 0) is 11.3 Å². The van der Waals surface area contributed by atoms with Crippen molar-refractivity contribution in [3.05, 3.63) is 29.1 Å². The predicted octanol–water partition coefficient (Wildman–Crippen LogP) is 1.78. The van der Waals surface area contributed by atoms with E-state index in [4.69, 9.17) is 4.74 Å². The van der Waals surface area contributed by atoms with Gasteiger partial charge in [0.2, 0.25) is 0 Å². The van der Waals surface area contributed by atoms with Crippen molar-refractivity contribution in [1.29, 1.82) is 0 Å². The summed E-state index contributed by atoms with van der Waals surface area (Å²) >= 11 is 0. The van der Waals surface area contributed by atoms with Gasteiger partial charge in [0.05, 0.1) is 12.7 Å². The summed E-state index contributed by atoms with van der Waals surface area (Å²) in [6.45, 7) is 9.41. The second-order valence-corrected chi connectivity index (χ2v) is 7.86. The fraction of sp³-hybridized carbons (Fsp3) is 0.647. The molecule has 0 aliphatic carbocycles. The number of nitrogens with zero attached hydrogens (tertiary/aromatic N) is 5. The van der Waals surface area contributed by atoms with Crippen molar-refractivity contribution in [2.24, 2.45) is 11.8 Å². The molecule has 8 nitrogen and oxygen atoms in total. The average molecular weight is 347 g/mol. The lowest BCUT2D eigenvalue weighted by Crippen LogP contribution is -2.47. The Bertz CT molecular complexity index is 820. The molecule has 1 fully saturated rings. The van der Waals surface area contributed by atoms with Crippen LogP contribution in [0, 0.1) is 11.8 Å². The molecule has 0 radical (unpaired) electrons. The van der Waals surface area contributed by atoms with Crippen LogP contribution < -0.4 is 5.69 Å². The summed E-state index contributed by atoms with van der Waals surface area (Å²) in [5, 5.41) is 4.33. The number of rotatable bonds is 2. The van der Waals surface area contributed by atoms with Crippen molar-refractivity contribution in [2.75, 3.05) is 13.1 Å². The lowest BCUT2D eigenvalue weighted by Gasteiger charge is -2.37. The Morgan fingerprint density at radius 2 is 2.12 bits per heavy atom. The minimum Gasteiger partial charge on any atom is -0.444 e. The first-order valence-corrected chi connectivity index (χ1v) is 8.60. The number of hydrogen-bond donors (Lipinski definition) is 0. The van der Waals surface area contributed by atoms with E-state index in [0.29, 0.717) is 31.2 Å². The zero-order chi connectivity index (χ0) is 18.2. The van der Waals surface area contributed by atoms with Crippen LogP contribution in [0.25, 0.3) is 5.65 Å². The third-order valence-electron chi connectivity index (χ3n) is 4.22. The van der Waals surface area contributed by atoms with Crippen LogP contribution >= 0.6 is 0 Å². The van der Waals surface area contributed by atoms with Gasteiger partial charge in [0.1, 0.15) is 5.60 Å². The van der Waals surface area contributed by atoms with Crippen LogP contribution in [0.4, 0.5) is 4.79 Å². The highest BCUT2D eigenvalue weighted by Crippen LogP contribution is 2.24. The largest absolute Gasteiger partial charge is 0.444 e. The van der Waals surface area contributed by atoms with Crippen molar-refractivity contribution >= 4 is 11.7 Å². The van der Waals surface area contributed by atoms with Crippen molar-refractivity contribution in [1.82, 2.24) is 24.1 Å². The number of carbonyl (C=O) groups excluding carboxylic acids is 1. The van der Waals surface area contributed by atoms with Crippen LogP contribution in [0.5, 0.6) is 0 Å². The number of piperidine rings is 1. The summed E-state index contributed by atoms with van der Waals surface area (Å²) in [4.78, 5) is 30.5. The van der Waals surface area contributed by atoms with E-state index < -0.39 is 5.60 Å². The molecule has 1 aliphatic rings. The number of amides is 1. The fourth-order valence-corrected chi connectivity index (χ4v) is 3.33. The first-order chi connectivity index (χ1) is 11.7. The van der Waals surface area contributed by atoms with Gasteiger partial charge in [0, 0.05) is 25.5 Å². The van der Waals surface area contributed by atoms with Crippen LogP contribution in [0.15, 0.2) is 23.4 Å². The van der Waals surface area contributed by atoms with Gasteiger partial charge in [-0.2, -0.15) is 0 Å². The normalized spacial score (nSPS) is 21.5. The van der Waals surface area contributed by atoms with Gasteiger partial charge in [-0.25, -0.2) is 18.7 Å². The number of fused-ring (bicyclic) bond motifs is 1. The van der Waals surface area contributed by atoms with E-state index >= 15 is 0 Å². The molecule has 2 aromatic rings. The third-order valence-corrected chi connectivity index (χ3v) is 4.22. The highest BCUT2D eigenvalue weighted by molar-refractivity contribution is 5.68. The van der Waals surface area contributed by atoms with Gasteiger partial charge in [-0.05, 0) is 39.0 Å². The van der Waals surface area contributed by atoms with E-state index in [1.165, 1.54) is 9.08 Å². The molecule has 0 spiro atoms. The molecule has 1 amide bonds. The summed E-state index contributed by atoms with van der Waals surface area (Å²) in [7, 11) is 0. The van der Waals surface area contributed by atoms with E-state index in [0.717, 1.165) is 6.42 Å². The molecule has 3 rings (SSSR count). The Labute approximate surface area is 146 Å². The molecule has 0 bridgehead atoms. The summed E-state index contributed by atoms with van der Waals surface area (Å²) < 4.78 is 8.43. The molecule has 2 unspecified atom stereocenters. The molecule has 2 aromatic heterocycles. The van der Waals surface area contributed by atoms with Crippen LogP contribution in [0.2, 0.25) is 0 Å². The number of ether oxygens (including phenoxy) is 1. The zero-order valence-electron chi connectivity index (χ0n) is 15.2. The Kier molecular flexibility index (Phi) is 4.53. The van der Waals surface area contributed by atoms with Crippen molar-refractivity contribution in [3.8, 4) is 0 Å². The first-order valence-electron chi connectivity index (χ1n) is 8.60. The van der Waals surface area contributed by atoms with Crippen LogP contribution in [-0.4, -0.2) is 48.8 Å². The number of aromatic nitrogens is 4. The molecule has 0 saturated carbocycles. The van der Waals surface area contributed by atoms with E-state index in [2.05, 4.69) is 17.0 Å². The Morgan fingerprint density at radius 1 is 1.36 bits per heavy atom. The van der Waals surface area contributed by atoms with E-state index in [1.54, 1.807) is 23.5 Å². The van der Waals surface area contributed by atoms with Gasteiger partial charge in [0.25, 0.3) is 0 Å². The summed E-state index contributed by atoms with van der Waals surface area (Å²) in [5.74, 6) is 0.507. The SMILES string of the molecule is CC1CC(Cn2nc3cnccn3c2=O)CN(C(=O)OC(C)(C)C)C1. The molecule has 1 saturated heterocycles. The van der Waals surface area contributed by atoms with Crippen molar-refractivity contribution in [2.45, 2.75) is 46.3 Å². The predicted molar refractivity (Wildman–Crippen MR) is 92.3 cm³/mol. The Morgan fingerprint density at radius 3 is 2.80 bits per heavy atom. The van der Waals surface area contributed by atoms with E-state index in [9.17, 15) is 9.59 Å². The maximum absolute atomic E-state index is 12.4. The lowest BCUT2D eigenvalue weighted by molar-refractivity contribution is 0.00934. The smallest absolute Gasteiger partial charge is 0.410 e. The maximum Gasteiger partial charge on any atom is 0.410 e. The van der Waals surface area contributed by atoms with E-state index in [1.807, 2.05) is 20.8 Å². The topological polar surface area (TPSA) is 81.7 Å². The van der Waals surface area contributed by atoms with Gasteiger partial charge in [-0.1, -0.05) is 6.92 Å². The van der Waals surface area contributed by atoms with Gasteiger partial charge >= 0.3 is 11.8 Å². The molecule has 25 heavy (non-hydrogen) atoms. The van der Waals surface area contributed by atoms with Gasteiger partial charge in [-0.15, -0.1) is 5.10 Å². The molecule has 0 aromatic carbocycles. The Balaban J connectivity index is 1.74. The quantitative estimate of drug-likeness (QED) is 0.827. The third kappa shape index (κ3) is 4.00. The molecule has 3 heterocycles. The number of hydrogen-bond acceptors (Lipinski definition) is 5. The maximum atomic E-state index is 12.4. The van der Waals surface area contributed by atoms with Crippen LogP contribution in [0.3, 0.4) is 0 Å². The van der Waals surface area contributed by atoms with Gasteiger partial charge < -0.3 is 9.64 Å². The molecule has 1 aliphatic heterocycles. The van der Waals surface area contributed by atoms with Crippen molar-refractivity contribution < 1.29 is 9.53 Å². The highest BCUT2D eigenvalue weighted by atomic mass is 16.6. The molecule has 136 valence electrons.